The molecule has 2 N–H and O–H groups in total. The Hall–Kier alpha value is -0.380. The van der Waals surface area contributed by atoms with Crippen LogP contribution in [0.1, 0.15) is 12.5 Å². The summed E-state index contributed by atoms with van der Waals surface area (Å²) in [5.41, 5.74) is 6.72. The molecule has 0 saturated carbocycles. The molecule has 13 heavy (non-hydrogen) atoms. The van der Waals surface area contributed by atoms with Crippen LogP contribution in [0.2, 0.25) is 0 Å². The van der Waals surface area contributed by atoms with Crippen LogP contribution >= 0.6 is 15.9 Å². The van der Waals surface area contributed by atoms with Crippen molar-refractivity contribution in [1.29, 1.82) is 0 Å². The van der Waals surface area contributed by atoms with Gasteiger partial charge < -0.3 is 10.5 Å². The van der Waals surface area contributed by atoms with E-state index in [-0.39, 0.29) is 6.04 Å². The van der Waals surface area contributed by atoms with E-state index in [0.717, 1.165) is 4.47 Å². The summed E-state index contributed by atoms with van der Waals surface area (Å²) in [5.74, 6) is 0. The van der Waals surface area contributed by atoms with Gasteiger partial charge in [0.1, 0.15) is 0 Å². The Bertz CT molecular complexity index is 246. The molecule has 0 bridgehead atoms. The molecule has 0 amide bonds. The third-order valence-corrected chi connectivity index (χ3v) is 2.09. The predicted octanol–water partition coefficient (Wildman–Crippen LogP) is 2.31. The van der Waals surface area contributed by atoms with Crippen LogP contribution in [0, 0.1) is 0 Å². The molecule has 0 aliphatic rings. The van der Waals surface area contributed by atoms with E-state index in [2.05, 4.69) is 15.9 Å². The highest BCUT2D eigenvalue weighted by atomic mass is 79.9. The van der Waals surface area contributed by atoms with Gasteiger partial charge in [0.2, 0.25) is 0 Å². The smallest absolute Gasteiger partial charge is 0.0717 e. The molecule has 0 saturated heterocycles. The van der Waals surface area contributed by atoms with E-state index >= 15 is 0 Å². The van der Waals surface area contributed by atoms with Crippen molar-refractivity contribution in [3.63, 3.8) is 0 Å². The van der Waals surface area contributed by atoms with Crippen LogP contribution in [-0.2, 0) is 11.3 Å². The largest absolute Gasteiger partial charge is 0.375 e. The zero-order chi connectivity index (χ0) is 9.68. The molecule has 1 rings (SSSR count). The van der Waals surface area contributed by atoms with E-state index in [1.54, 1.807) is 0 Å². The maximum Gasteiger partial charge on any atom is 0.0717 e. The minimum atomic E-state index is 0.107. The molecule has 72 valence electrons. The van der Waals surface area contributed by atoms with Crippen molar-refractivity contribution in [3.8, 4) is 0 Å². The number of halogens is 1. The molecule has 1 aromatic carbocycles. The Morgan fingerprint density at radius 1 is 1.38 bits per heavy atom. The summed E-state index contributed by atoms with van der Waals surface area (Å²) in [5, 5.41) is 0. The zero-order valence-corrected chi connectivity index (χ0v) is 9.25. The minimum absolute atomic E-state index is 0.107. The molecule has 1 aromatic rings. The average molecular weight is 244 g/mol. The molecule has 0 spiro atoms. The SMILES string of the molecule is C[C@@H](N)COCc1ccc(Br)cc1. The van der Waals surface area contributed by atoms with Gasteiger partial charge in [-0.05, 0) is 24.6 Å². The van der Waals surface area contributed by atoms with Crippen LogP contribution in [0.3, 0.4) is 0 Å². The van der Waals surface area contributed by atoms with Crippen LogP contribution in [0.5, 0.6) is 0 Å². The molecule has 0 aliphatic heterocycles. The quantitative estimate of drug-likeness (QED) is 0.882. The first kappa shape index (κ1) is 10.7. The molecule has 0 fully saturated rings. The highest BCUT2D eigenvalue weighted by Gasteiger charge is 1.95. The summed E-state index contributed by atoms with van der Waals surface area (Å²) < 4.78 is 6.47. The monoisotopic (exact) mass is 243 g/mol. The van der Waals surface area contributed by atoms with Gasteiger partial charge in [0.05, 0.1) is 13.2 Å². The minimum Gasteiger partial charge on any atom is -0.375 e. The maximum atomic E-state index is 5.55. The highest BCUT2D eigenvalue weighted by molar-refractivity contribution is 9.10. The molecular weight excluding hydrogens is 230 g/mol. The van der Waals surface area contributed by atoms with Gasteiger partial charge >= 0.3 is 0 Å². The Balaban J connectivity index is 2.33. The lowest BCUT2D eigenvalue weighted by molar-refractivity contribution is 0.111. The molecule has 0 heterocycles. The number of rotatable bonds is 4. The van der Waals surface area contributed by atoms with Crippen molar-refractivity contribution < 1.29 is 4.74 Å². The molecule has 0 radical (unpaired) electrons. The summed E-state index contributed by atoms with van der Waals surface area (Å²) >= 11 is 3.38. The molecule has 0 unspecified atom stereocenters. The second-order valence-corrected chi connectivity index (χ2v) is 4.03. The number of hydrogen-bond donors (Lipinski definition) is 1. The fourth-order valence-corrected chi connectivity index (χ4v) is 1.21. The number of ether oxygens (including phenoxy) is 1. The fraction of sp³-hybridized carbons (Fsp3) is 0.400. The zero-order valence-electron chi connectivity index (χ0n) is 7.66. The van der Waals surface area contributed by atoms with Crippen LogP contribution in [0.25, 0.3) is 0 Å². The molecule has 2 nitrogen and oxygen atoms in total. The normalized spacial score (nSPS) is 12.8. The second kappa shape index (κ2) is 5.37. The first-order valence-electron chi connectivity index (χ1n) is 4.26. The molecule has 0 aliphatic carbocycles. The van der Waals surface area contributed by atoms with Crippen LogP contribution in [-0.4, -0.2) is 12.6 Å². The Kier molecular flexibility index (Phi) is 4.42. The summed E-state index contributed by atoms with van der Waals surface area (Å²) in [7, 11) is 0. The summed E-state index contributed by atoms with van der Waals surface area (Å²) in [6.07, 6.45) is 0. The van der Waals surface area contributed by atoms with E-state index in [1.807, 2.05) is 31.2 Å². The summed E-state index contributed by atoms with van der Waals surface area (Å²) in [6, 6.07) is 8.18. The lowest BCUT2D eigenvalue weighted by Crippen LogP contribution is -2.21. The third kappa shape index (κ3) is 4.41. The van der Waals surface area contributed by atoms with Crippen molar-refractivity contribution in [3.05, 3.63) is 34.3 Å². The lowest BCUT2D eigenvalue weighted by atomic mass is 10.2. The van der Waals surface area contributed by atoms with Crippen LogP contribution in [0.15, 0.2) is 28.7 Å². The van der Waals surface area contributed by atoms with E-state index in [0.29, 0.717) is 13.2 Å². The van der Waals surface area contributed by atoms with Crippen LogP contribution < -0.4 is 5.73 Å². The van der Waals surface area contributed by atoms with Gasteiger partial charge in [-0.3, -0.25) is 0 Å². The van der Waals surface area contributed by atoms with Crippen molar-refractivity contribution in [1.82, 2.24) is 0 Å². The topological polar surface area (TPSA) is 35.2 Å². The van der Waals surface area contributed by atoms with E-state index < -0.39 is 0 Å². The Morgan fingerprint density at radius 3 is 2.54 bits per heavy atom. The molecule has 1 atom stereocenters. The van der Waals surface area contributed by atoms with Gasteiger partial charge in [0.15, 0.2) is 0 Å². The van der Waals surface area contributed by atoms with Crippen molar-refractivity contribution in [2.75, 3.05) is 6.61 Å². The van der Waals surface area contributed by atoms with E-state index in [9.17, 15) is 0 Å². The van der Waals surface area contributed by atoms with Crippen molar-refractivity contribution in [2.24, 2.45) is 5.73 Å². The fourth-order valence-electron chi connectivity index (χ4n) is 0.943. The number of benzene rings is 1. The van der Waals surface area contributed by atoms with Gasteiger partial charge in [-0.1, -0.05) is 28.1 Å². The number of hydrogen-bond acceptors (Lipinski definition) is 2. The van der Waals surface area contributed by atoms with Gasteiger partial charge in [-0.25, -0.2) is 0 Å². The average Bonchev–Trinajstić information content (AvgIpc) is 2.08. The first-order chi connectivity index (χ1) is 6.18. The standard InChI is InChI=1S/C10H14BrNO/c1-8(12)6-13-7-9-2-4-10(11)5-3-9/h2-5,8H,6-7,12H2,1H3/t8-/m1/s1. The number of nitrogens with two attached hydrogens (primary N) is 1. The van der Waals surface area contributed by atoms with Crippen LogP contribution in [0.4, 0.5) is 0 Å². The third-order valence-electron chi connectivity index (χ3n) is 1.56. The Labute approximate surface area is 87.2 Å². The van der Waals surface area contributed by atoms with Gasteiger partial charge in [-0.2, -0.15) is 0 Å². The lowest BCUT2D eigenvalue weighted by Gasteiger charge is -2.06. The molecule has 0 aromatic heterocycles. The first-order valence-corrected chi connectivity index (χ1v) is 5.05. The van der Waals surface area contributed by atoms with E-state index in [1.165, 1.54) is 5.56 Å². The molecular formula is C10H14BrNO. The van der Waals surface area contributed by atoms with Gasteiger partial charge in [0, 0.05) is 10.5 Å². The van der Waals surface area contributed by atoms with E-state index in [4.69, 9.17) is 10.5 Å². The predicted molar refractivity (Wildman–Crippen MR) is 57.4 cm³/mol. The second-order valence-electron chi connectivity index (χ2n) is 3.12. The Morgan fingerprint density at radius 2 is 2.00 bits per heavy atom. The van der Waals surface area contributed by atoms with Gasteiger partial charge in [-0.15, -0.1) is 0 Å². The van der Waals surface area contributed by atoms with Crippen molar-refractivity contribution >= 4 is 15.9 Å². The highest BCUT2D eigenvalue weighted by Crippen LogP contribution is 2.10. The van der Waals surface area contributed by atoms with Crippen molar-refractivity contribution in [2.45, 2.75) is 19.6 Å². The van der Waals surface area contributed by atoms with Gasteiger partial charge in [0.25, 0.3) is 0 Å². The molecule has 3 heteroatoms. The summed E-state index contributed by atoms with van der Waals surface area (Å²) in [6.45, 7) is 3.17. The summed E-state index contributed by atoms with van der Waals surface area (Å²) in [4.78, 5) is 0. The maximum absolute atomic E-state index is 5.55.